The molecule has 0 radical (unpaired) electrons. The number of ether oxygens (including phenoxy) is 1. The normalized spacial score (nSPS) is 13.9. The number of hydrogen-bond acceptors (Lipinski definition) is 3. The summed E-state index contributed by atoms with van der Waals surface area (Å²) in [6.45, 7) is 0.0113. The molecule has 1 fully saturated rings. The van der Waals surface area contributed by atoms with E-state index in [-0.39, 0.29) is 18.8 Å². The predicted molar refractivity (Wildman–Crippen MR) is 115 cm³/mol. The largest absolute Gasteiger partial charge is 0.486 e. The van der Waals surface area contributed by atoms with Crippen molar-refractivity contribution in [3.63, 3.8) is 0 Å². The molecule has 0 heterocycles. The predicted octanol–water partition coefficient (Wildman–Crippen LogP) is 6.56. The van der Waals surface area contributed by atoms with Crippen molar-refractivity contribution >= 4 is 55.1 Å². The molecule has 0 aliphatic heterocycles. The first-order valence-corrected chi connectivity index (χ1v) is 10.9. The molecule has 0 atom stereocenters. The van der Waals surface area contributed by atoms with E-state index in [9.17, 15) is 9.18 Å². The molecule has 8 heteroatoms. The highest BCUT2D eigenvalue weighted by molar-refractivity contribution is 9.11. The minimum absolute atomic E-state index is 0.0113. The van der Waals surface area contributed by atoms with Crippen LogP contribution in [0.15, 0.2) is 33.2 Å². The standard InChI is InChI=1S/C20H19Br2ClFNO3/c21-15-6-11(4-5-18(26)27)7-16(22)20(15)28-10-12-8-13(23)9-17(19(12)24)25-14-2-1-3-14/h6-9,14,25H,1-5,10H2,(H,26,27). The van der Waals surface area contributed by atoms with Crippen molar-refractivity contribution in [3.8, 4) is 5.75 Å². The van der Waals surface area contributed by atoms with Gasteiger partial charge in [0.25, 0.3) is 0 Å². The lowest BCUT2D eigenvalue weighted by molar-refractivity contribution is -0.136. The average molecular weight is 536 g/mol. The minimum atomic E-state index is -0.852. The van der Waals surface area contributed by atoms with Crippen molar-refractivity contribution in [1.82, 2.24) is 0 Å². The Morgan fingerprint density at radius 2 is 1.93 bits per heavy atom. The van der Waals surface area contributed by atoms with Crippen LogP contribution in [-0.4, -0.2) is 17.1 Å². The molecule has 0 aromatic heterocycles. The van der Waals surface area contributed by atoms with E-state index in [0.717, 1.165) is 24.8 Å². The number of nitrogens with one attached hydrogen (secondary N) is 1. The van der Waals surface area contributed by atoms with Crippen molar-refractivity contribution in [3.05, 3.63) is 55.2 Å². The lowest BCUT2D eigenvalue weighted by Crippen LogP contribution is -2.27. The van der Waals surface area contributed by atoms with Crippen LogP contribution < -0.4 is 10.1 Å². The van der Waals surface area contributed by atoms with Gasteiger partial charge in [0, 0.05) is 23.0 Å². The summed E-state index contributed by atoms with van der Waals surface area (Å²) < 4.78 is 22.0. The summed E-state index contributed by atoms with van der Waals surface area (Å²) in [6, 6.07) is 7.07. The lowest BCUT2D eigenvalue weighted by atomic mass is 9.93. The second-order valence-corrected chi connectivity index (χ2v) is 8.91. The van der Waals surface area contributed by atoms with Crippen LogP contribution in [0.3, 0.4) is 0 Å². The highest BCUT2D eigenvalue weighted by Gasteiger charge is 2.20. The van der Waals surface area contributed by atoms with E-state index in [1.54, 1.807) is 24.3 Å². The first-order chi connectivity index (χ1) is 13.3. The molecular weight excluding hydrogens is 516 g/mol. The van der Waals surface area contributed by atoms with Gasteiger partial charge in [0.2, 0.25) is 0 Å². The monoisotopic (exact) mass is 533 g/mol. The molecule has 28 heavy (non-hydrogen) atoms. The van der Waals surface area contributed by atoms with E-state index in [1.807, 2.05) is 0 Å². The highest BCUT2D eigenvalue weighted by atomic mass is 79.9. The van der Waals surface area contributed by atoms with Crippen LogP contribution in [0.25, 0.3) is 0 Å². The molecule has 0 amide bonds. The van der Waals surface area contributed by atoms with Crippen LogP contribution >= 0.6 is 43.5 Å². The van der Waals surface area contributed by atoms with Crippen molar-refractivity contribution in [2.75, 3.05) is 5.32 Å². The maximum absolute atomic E-state index is 14.8. The Kier molecular flexibility index (Phi) is 7.23. The molecule has 0 bridgehead atoms. The maximum Gasteiger partial charge on any atom is 0.303 e. The van der Waals surface area contributed by atoms with Crippen LogP contribution in [0.2, 0.25) is 5.02 Å². The van der Waals surface area contributed by atoms with E-state index >= 15 is 0 Å². The molecule has 1 saturated carbocycles. The molecule has 0 saturated heterocycles. The second-order valence-electron chi connectivity index (χ2n) is 6.77. The van der Waals surface area contributed by atoms with Crippen molar-refractivity contribution in [2.45, 2.75) is 44.8 Å². The van der Waals surface area contributed by atoms with E-state index in [2.05, 4.69) is 37.2 Å². The van der Waals surface area contributed by atoms with Gasteiger partial charge in [-0.3, -0.25) is 4.79 Å². The topological polar surface area (TPSA) is 58.6 Å². The number of carbonyl (C=O) groups is 1. The van der Waals surface area contributed by atoms with Crippen LogP contribution in [0.1, 0.15) is 36.8 Å². The molecule has 2 aromatic carbocycles. The Morgan fingerprint density at radius 1 is 1.25 bits per heavy atom. The maximum atomic E-state index is 14.8. The molecule has 2 aromatic rings. The number of benzene rings is 2. The van der Waals surface area contributed by atoms with E-state index in [0.29, 0.717) is 43.4 Å². The highest BCUT2D eigenvalue weighted by Crippen LogP contribution is 2.36. The third-order valence-electron chi connectivity index (χ3n) is 4.64. The first kappa shape index (κ1) is 21.4. The van der Waals surface area contributed by atoms with Crippen molar-refractivity contribution in [2.24, 2.45) is 0 Å². The van der Waals surface area contributed by atoms with Gasteiger partial charge in [-0.1, -0.05) is 11.6 Å². The van der Waals surface area contributed by atoms with E-state index in [1.165, 1.54) is 0 Å². The fourth-order valence-corrected chi connectivity index (χ4v) is 4.68. The Bertz CT molecular complexity index is 867. The Balaban J connectivity index is 1.73. The second kappa shape index (κ2) is 9.46. The summed E-state index contributed by atoms with van der Waals surface area (Å²) in [6.07, 6.45) is 3.67. The fourth-order valence-electron chi connectivity index (χ4n) is 2.92. The molecular formula is C20H19Br2ClFNO3. The first-order valence-electron chi connectivity index (χ1n) is 8.90. The number of carboxylic acids is 1. The van der Waals surface area contributed by atoms with Crippen LogP contribution in [0.5, 0.6) is 5.75 Å². The van der Waals surface area contributed by atoms with Crippen LogP contribution in [0.4, 0.5) is 10.1 Å². The summed E-state index contributed by atoms with van der Waals surface area (Å²) >= 11 is 13.0. The van der Waals surface area contributed by atoms with Gasteiger partial charge in [0.1, 0.15) is 12.4 Å². The molecule has 3 rings (SSSR count). The number of aryl methyl sites for hydroxylation is 1. The third-order valence-corrected chi connectivity index (χ3v) is 6.03. The zero-order chi connectivity index (χ0) is 20.3. The Morgan fingerprint density at radius 3 is 2.50 bits per heavy atom. The van der Waals surface area contributed by atoms with Gasteiger partial charge in [-0.15, -0.1) is 0 Å². The molecule has 150 valence electrons. The number of rotatable bonds is 8. The van der Waals surface area contributed by atoms with Crippen LogP contribution in [-0.2, 0) is 17.8 Å². The number of halogens is 4. The van der Waals surface area contributed by atoms with E-state index < -0.39 is 5.97 Å². The van der Waals surface area contributed by atoms with Gasteiger partial charge in [-0.05, 0) is 87.4 Å². The van der Waals surface area contributed by atoms with Crippen LogP contribution in [0, 0.1) is 5.82 Å². The molecule has 1 aliphatic carbocycles. The van der Waals surface area contributed by atoms with Crippen molar-refractivity contribution < 1.29 is 19.0 Å². The minimum Gasteiger partial charge on any atom is -0.486 e. The molecule has 0 spiro atoms. The van der Waals surface area contributed by atoms with Crippen molar-refractivity contribution in [1.29, 1.82) is 0 Å². The Hall–Kier alpha value is -1.31. The van der Waals surface area contributed by atoms with Gasteiger partial charge >= 0.3 is 5.97 Å². The molecule has 1 aliphatic rings. The van der Waals surface area contributed by atoms with Gasteiger partial charge in [-0.2, -0.15) is 0 Å². The quantitative estimate of drug-likeness (QED) is 0.402. The SMILES string of the molecule is O=C(O)CCc1cc(Br)c(OCc2cc(Cl)cc(NC3CCC3)c2F)c(Br)c1. The Labute approximate surface area is 184 Å². The number of carboxylic acid groups (broad SMARTS) is 1. The fraction of sp³-hybridized carbons (Fsp3) is 0.350. The van der Waals surface area contributed by atoms with Gasteiger partial charge < -0.3 is 15.2 Å². The lowest BCUT2D eigenvalue weighted by Gasteiger charge is -2.28. The molecule has 2 N–H and O–H groups in total. The number of aliphatic carboxylic acids is 1. The summed E-state index contributed by atoms with van der Waals surface area (Å²) in [5, 5.41) is 12.5. The zero-order valence-corrected chi connectivity index (χ0v) is 18.8. The average Bonchev–Trinajstić information content (AvgIpc) is 2.58. The summed E-state index contributed by atoms with van der Waals surface area (Å²) in [4.78, 5) is 10.7. The number of anilines is 1. The molecule has 4 nitrogen and oxygen atoms in total. The third kappa shape index (κ3) is 5.39. The summed E-state index contributed by atoms with van der Waals surface area (Å²) in [7, 11) is 0. The number of hydrogen-bond donors (Lipinski definition) is 2. The zero-order valence-electron chi connectivity index (χ0n) is 14.9. The smallest absolute Gasteiger partial charge is 0.303 e. The molecule has 0 unspecified atom stereocenters. The summed E-state index contributed by atoms with van der Waals surface area (Å²) in [5.74, 6) is -0.691. The van der Waals surface area contributed by atoms with Gasteiger partial charge in [-0.25, -0.2) is 4.39 Å². The summed E-state index contributed by atoms with van der Waals surface area (Å²) in [5.41, 5.74) is 1.62. The van der Waals surface area contributed by atoms with E-state index in [4.69, 9.17) is 21.4 Å². The van der Waals surface area contributed by atoms with Gasteiger partial charge in [0.05, 0.1) is 14.6 Å². The van der Waals surface area contributed by atoms with Gasteiger partial charge in [0.15, 0.2) is 5.82 Å².